The molecule has 0 bridgehead atoms. The Hall–Kier alpha value is -2.50. The van der Waals surface area contributed by atoms with Crippen LogP contribution in [0.3, 0.4) is 0 Å². The number of hydrogen-bond acceptors (Lipinski definition) is 5. The second-order valence-electron chi connectivity index (χ2n) is 4.41. The van der Waals surface area contributed by atoms with Crippen LogP contribution in [0.15, 0.2) is 42.9 Å². The zero-order chi connectivity index (χ0) is 13.2. The molecule has 1 aliphatic rings. The summed E-state index contributed by atoms with van der Waals surface area (Å²) in [6.45, 7) is 0.528. The van der Waals surface area contributed by atoms with E-state index in [0.717, 1.165) is 5.69 Å². The monoisotopic (exact) mass is 255 g/mol. The van der Waals surface area contributed by atoms with Crippen molar-refractivity contribution in [1.82, 2.24) is 15.0 Å². The predicted molar refractivity (Wildman–Crippen MR) is 69.0 cm³/mol. The molecular formula is C13H13N5O. The number of amides is 1. The molecule has 2 N–H and O–H groups in total. The lowest BCUT2D eigenvalue weighted by atomic mass is 9.85. The van der Waals surface area contributed by atoms with E-state index in [1.807, 2.05) is 23.1 Å². The van der Waals surface area contributed by atoms with Crippen LogP contribution in [0.2, 0.25) is 0 Å². The first-order valence-corrected chi connectivity index (χ1v) is 6.01. The molecule has 2 unspecified atom stereocenters. The number of aromatic nitrogens is 3. The molecule has 19 heavy (non-hydrogen) atoms. The molecular weight excluding hydrogens is 242 g/mol. The van der Waals surface area contributed by atoms with Gasteiger partial charge in [0.05, 0.1) is 17.7 Å². The van der Waals surface area contributed by atoms with Gasteiger partial charge < -0.3 is 10.6 Å². The van der Waals surface area contributed by atoms with E-state index in [-0.39, 0.29) is 17.9 Å². The van der Waals surface area contributed by atoms with Crippen LogP contribution < -0.4 is 10.6 Å². The lowest BCUT2D eigenvalue weighted by Crippen LogP contribution is -2.55. The van der Waals surface area contributed by atoms with Gasteiger partial charge in [-0.15, -0.1) is 0 Å². The molecule has 2 atom stereocenters. The van der Waals surface area contributed by atoms with Crippen LogP contribution in [-0.4, -0.2) is 27.4 Å². The van der Waals surface area contributed by atoms with Gasteiger partial charge in [-0.3, -0.25) is 9.78 Å². The molecule has 6 heteroatoms. The quantitative estimate of drug-likeness (QED) is 0.865. The molecule has 0 aliphatic carbocycles. The molecule has 1 saturated heterocycles. The van der Waals surface area contributed by atoms with Crippen LogP contribution in [0.25, 0.3) is 0 Å². The lowest BCUT2D eigenvalue weighted by Gasteiger charge is -2.46. The molecule has 96 valence electrons. The lowest BCUT2D eigenvalue weighted by molar-refractivity contribution is -0.124. The normalized spacial score (nSPS) is 21.8. The number of pyridine rings is 1. The van der Waals surface area contributed by atoms with Gasteiger partial charge in [0.2, 0.25) is 11.9 Å². The average molecular weight is 255 g/mol. The minimum absolute atomic E-state index is 0.180. The fourth-order valence-corrected chi connectivity index (χ4v) is 2.31. The van der Waals surface area contributed by atoms with Gasteiger partial charge in [-0.25, -0.2) is 9.97 Å². The smallest absolute Gasteiger partial charge is 0.225 e. The van der Waals surface area contributed by atoms with Crippen molar-refractivity contribution in [3.05, 3.63) is 48.5 Å². The van der Waals surface area contributed by atoms with Gasteiger partial charge in [0.15, 0.2) is 0 Å². The predicted octanol–water partition coefficient (Wildman–Crippen LogP) is 0.534. The van der Waals surface area contributed by atoms with Gasteiger partial charge >= 0.3 is 0 Å². The Bertz CT molecular complexity index is 574. The minimum atomic E-state index is -0.317. The second kappa shape index (κ2) is 4.64. The van der Waals surface area contributed by atoms with E-state index >= 15 is 0 Å². The largest absolute Gasteiger partial charge is 0.369 e. The minimum Gasteiger partial charge on any atom is -0.369 e. The number of hydrogen-bond donors (Lipinski definition) is 1. The van der Waals surface area contributed by atoms with Gasteiger partial charge in [0.25, 0.3) is 0 Å². The molecule has 0 spiro atoms. The van der Waals surface area contributed by atoms with Gasteiger partial charge in [0, 0.05) is 25.1 Å². The zero-order valence-electron chi connectivity index (χ0n) is 10.2. The molecule has 1 aliphatic heterocycles. The van der Waals surface area contributed by atoms with Gasteiger partial charge in [-0.1, -0.05) is 6.07 Å². The van der Waals surface area contributed by atoms with E-state index in [9.17, 15) is 4.79 Å². The van der Waals surface area contributed by atoms with Crippen molar-refractivity contribution >= 4 is 11.9 Å². The Labute approximate surface area is 110 Å². The topological polar surface area (TPSA) is 85.0 Å². The summed E-state index contributed by atoms with van der Waals surface area (Å²) in [6.07, 6.45) is 5.06. The van der Waals surface area contributed by atoms with Crippen LogP contribution in [0, 0.1) is 5.92 Å². The molecule has 2 aromatic heterocycles. The maximum Gasteiger partial charge on any atom is 0.225 e. The number of carbonyl (C=O) groups is 1. The Balaban J connectivity index is 1.93. The van der Waals surface area contributed by atoms with Crippen LogP contribution in [0.5, 0.6) is 0 Å². The van der Waals surface area contributed by atoms with Crippen LogP contribution >= 0.6 is 0 Å². The molecule has 3 rings (SSSR count). The van der Waals surface area contributed by atoms with Crippen molar-refractivity contribution in [1.29, 1.82) is 0 Å². The highest BCUT2D eigenvalue weighted by atomic mass is 16.1. The fraction of sp³-hybridized carbons (Fsp3) is 0.231. The SMILES string of the molecule is NC(=O)C1CN(c2ncccn2)C1c1ccccn1. The summed E-state index contributed by atoms with van der Waals surface area (Å²) in [5, 5.41) is 0. The molecule has 1 fully saturated rings. The Morgan fingerprint density at radius 1 is 1.16 bits per heavy atom. The third-order valence-corrected chi connectivity index (χ3v) is 3.28. The Morgan fingerprint density at radius 2 is 1.89 bits per heavy atom. The number of carbonyl (C=O) groups excluding carboxylic acids is 1. The van der Waals surface area contributed by atoms with Crippen molar-refractivity contribution in [3.8, 4) is 0 Å². The van der Waals surface area contributed by atoms with E-state index in [1.165, 1.54) is 0 Å². The number of rotatable bonds is 3. The molecule has 2 aromatic rings. The standard InChI is InChI=1S/C13H13N5O/c14-12(19)9-8-18(13-16-6-3-7-17-13)11(9)10-4-1-2-5-15-10/h1-7,9,11H,8H2,(H2,14,19). The van der Waals surface area contributed by atoms with Crippen molar-refractivity contribution in [2.45, 2.75) is 6.04 Å². The average Bonchev–Trinajstić information content (AvgIpc) is 2.39. The number of nitrogens with zero attached hydrogens (tertiary/aromatic N) is 4. The van der Waals surface area contributed by atoms with Crippen molar-refractivity contribution in [2.75, 3.05) is 11.4 Å². The summed E-state index contributed by atoms with van der Waals surface area (Å²) in [7, 11) is 0. The van der Waals surface area contributed by atoms with Gasteiger partial charge in [-0.2, -0.15) is 0 Å². The van der Waals surface area contributed by atoms with E-state index in [0.29, 0.717) is 12.5 Å². The van der Waals surface area contributed by atoms with Gasteiger partial charge in [0.1, 0.15) is 0 Å². The third-order valence-electron chi connectivity index (χ3n) is 3.28. The first-order chi connectivity index (χ1) is 9.27. The molecule has 1 amide bonds. The van der Waals surface area contributed by atoms with Crippen molar-refractivity contribution in [2.24, 2.45) is 11.7 Å². The molecule has 0 aromatic carbocycles. The number of primary amides is 1. The summed E-state index contributed by atoms with van der Waals surface area (Å²) in [4.78, 5) is 26.1. The molecule has 6 nitrogen and oxygen atoms in total. The maximum absolute atomic E-state index is 11.5. The third kappa shape index (κ3) is 2.01. The van der Waals surface area contributed by atoms with E-state index in [1.54, 1.807) is 24.7 Å². The summed E-state index contributed by atoms with van der Waals surface area (Å²) in [6, 6.07) is 7.19. The Morgan fingerprint density at radius 3 is 2.53 bits per heavy atom. The van der Waals surface area contributed by atoms with Crippen molar-refractivity contribution < 1.29 is 4.79 Å². The van der Waals surface area contributed by atoms with Crippen LogP contribution in [-0.2, 0) is 4.79 Å². The summed E-state index contributed by atoms with van der Waals surface area (Å²) in [5.41, 5.74) is 6.24. The summed E-state index contributed by atoms with van der Waals surface area (Å²) >= 11 is 0. The summed E-state index contributed by atoms with van der Waals surface area (Å²) < 4.78 is 0. The van der Waals surface area contributed by atoms with E-state index in [4.69, 9.17) is 5.73 Å². The van der Waals surface area contributed by atoms with Crippen LogP contribution in [0.4, 0.5) is 5.95 Å². The molecule has 0 radical (unpaired) electrons. The fourth-order valence-electron chi connectivity index (χ4n) is 2.31. The highest BCUT2D eigenvalue weighted by Gasteiger charge is 2.45. The summed E-state index contributed by atoms with van der Waals surface area (Å²) in [5.74, 6) is 0.0252. The highest BCUT2D eigenvalue weighted by Crippen LogP contribution is 2.39. The second-order valence-corrected chi connectivity index (χ2v) is 4.41. The van der Waals surface area contributed by atoms with Crippen LogP contribution in [0.1, 0.15) is 11.7 Å². The molecule has 3 heterocycles. The molecule has 0 saturated carbocycles. The van der Waals surface area contributed by atoms with E-state index < -0.39 is 0 Å². The van der Waals surface area contributed by atoms with Crippen molar-refractivity contribution in [3.63, 3.8) is 0 Å². The Kier molecular flexibility index (Phi) is 2.83. The first kappa shape index (κ1) is 11.6. The highest BCUT2D eigenvalue weighted by molar-refractivity contribution is 5.81. The number of anilines is 1. The number of nitrogens with two attached hydrogens (primary N) is 1. The van der Waals surface area contributed by atoms with Gasteiger partial charge in [-0.05, 0) is 18.2 Å². The van der Waals surface area contributed by atoms with E-state index in [2.05, 4.69) is 15.0 Å². The maximum atomic E-state index is 11.5. The first-order valence-electron chi connectivity index (χ1n) is 6.01. The zero-order valence-corrected chi connectivity index (χ0v) is 10.2.